The molecule has 1 spiro atoms. The van der Waals surface area contributed by atoms with Gasteiger partial charge in [0.25, 0.3) is 5.91 Å². The number of rotatable bonds is 4. The highest BCUT2D eigenvalue weighted by Gasteiger charge is 2.54. The maximum Gasteiger partial charge on any atom is 0.325 e. The van der Waals surface area contributed by atoms with Crippen molar-refractivity contribution in [3.05, 3.63) is 35.4 Å². The van der Waals surface area contributed by atoms with Crippen molar-refractivity contribution in [2.45, 2.75) is 57.5 Å². The van der Waals surface area contributed by atoms with Crippen molar-refractivity contribution in [2.24, 2.45) is 0 Å². The number of benzene rings is 1. The molecule has 3 aliphatic heterocycles. The molecule has 4 rings (SSSR count). The second kappa shape index (κ2) is 8.38. The number of imide groups is 1. The number of carbonyl (C=O) groups is 3. The van der Waals surface area contributed by atoms with Crippen LogP contribution < -0.4 is 5.32 Å². The second-order valence-corrected chi connectivity index (χ2v) is 8.92. The van der Waals surface area contributed by atoms with Crippen LogP contribution in [-0.4, -0.2) is 76.8 Å². The summed E-state index contributed by atoms with van der Waals surface area (Å²) in [7, 11) is 0. The first-order valence-electron chi connectivity index (χ1n) is 11.1. The molecule has 1 aromatic rings. The standard InChI is InChI=1S/C23H32N4O3/c1-3-25-13-10-23(11-14-25)21(29)27(22(30)24-23)19-5-4-12-26(16-19)20(28)15-18-8-6-17(2)7-9-18/h6-9,19H,3-5,10-16H2,1-2H3,(H,24,30)/t19-/m1/s1. The molecule has 0 saturated carbocycles. The van der Waals surface area contributed by atoms with Crippen LogP contribution in [0.15, 0.2) is 24.3 Å². The Hall–Kier alpha value is -2.41. The van der Waals surface area contributed by atoms with Gasteiger partial charge in [-0.05, 0) is 44.7 Å². The lowest BCUT2D eigenvalue weighted by Crippen LogP contribution is -2.56. The fraction of sp³-hybridized carbons (Fsp3) is 0.609. The number of urea groups is 1. The molecule has 0 aliphatic carbocycles. The Bertz CT molecular complexity index is 814. The topological polar surface area (TPSA) is 73.0 Å². The van der Waals surface area contributed by atoms with Gasteiger partial charge in [0, 0.05) is 26.2 Å². The number of hydrogen-bond donors (Lipinski definition) is 1. The number of nitrogens with one attached hydrogen (secondary N) is 1. The van der Waals surface area contributed by atoms with E-state index >= 15 is 0 Å². The molecule has 3 saturated heterocycles. The van der Waals surface area contributed by atoms with Gasteiger partial charge in [0.15, 0.2) is 0 Å². The van der Waals surface area contributed by atoms with Crippen molar-refractivity contribution in [2.75, 3.05) is 32.7 Å². The summed E-state index contributed by atoms with van der Waals surface area (Å²) in [5.74, 6) is -0.0392. The second-order valence-electron chi connectivity index (χ2n) is 8.92. The third-order valence-electron chi connectivity index (χ3n) is 6.94. The van der Waals surface area contributed by atoms with Gasteiger partial charge in [-0.3, -0.25) is 14.5 Å². The number of amides is 4. The summed E-state index contributed by atoms with van der Waals surface area (Å²) in [4.78, 5) is 44.5. The summed E-state index contributed by atoms with van der Waals surface area (Å²) >= 11 is 0. The van der Waals surface area contributed by atoms with Gasteiger partial charge >= 0.3 is 6.03 Å². The van der Waals surface area contributed by atoms with Gasteiger partial charge in [0.1, 0.15) is 5.54 Å². The molecule has 0 radical (unpaired) electrons. The Balaban J connectivity index is 1.41. The molecule has 3 heterocycles. The van der Waals surface area contributed by atoms with Crippen molar-refractivity contribution < 1.29 is 14.4 Å². The van der Waals surface area contributed by atoms with Crippen LogP contribution in [0.3, 0.4) is 0 Å². The normalized spacial score (nSPS) is 24.4. The van der Waals surface area contributed by atoms with Gasteiger partial charge in [-0.1, -0.05) is 36.8 Å². The molecule has 4 amide bonds. The van der Waals surface area contributed by atoms with Gasteiger partial charge in [-0.25, -0.2) is 4.79 Å². The van der Waals surface area contributed by atoms with Crippen molar-refractivity contribution in [1.29, 1.82) is 0 Å². The fourth-order valence-electron chi connectivity index (χ4n) is 4.95. The average Bonchev–Trinajstić information content (AvgIpc) is 2.99. The van der Waals surface area contributed by atoms with Crippen molar-refractivity contribution >= 4 is 17.8 Å². The minimum atomic E-state index is -0.753. The van der Waals surface area contributed by atoms with Crippen molar-refractivity contribution in [3.8, 4) is 0 Å². The summed E-state index contributed by atoms with van der Waals surface area (Å²) in [5.41, 5.74) is 1.41. The van der Waals surface area contributed by atoms with E-state index in [9.17, 15) is 14.4 Å². The molecule has 0 unspecified atom stereocenters. The van der Waals surface area contributed by atoms with E-state index in [-0.39, 0.29) is 23.9 Å². The Kier molecular flexibility index (Phi) is 5.82. The highest BCUT2D eigenvalue weighted by atomic mass is 16.2. The van der Waals surface area contributed by atoms with Crippen LogP contribution in [0.2, 0.25) is 0 Å². The lowest BCUT2D eigenvalue weighted by Gasteiger charge is -2.39. The summed E-state index contributed by atoms with van der Waals surface area (Å²) in [6.07, 6.45) is 3.22. The molecule has 7 heteroatoms. The minimum absolute atomic E-state index is 0.0570. The third kappa shape index (κ3) is 3.95. The van der Waals surface area contributed by atoms with Crippen LogP contribution in [0.1, 0.15) is 43.7 Å². The zero-order valence-electron chi connectivity index (χ0n) is 18.0. The number of carbonyl (C=O) groups excluding carboxylic acids is 3. The summed E-state index contributed by atoms with van der Waals surface area (Å²) < 4.78 is 0. The summed E-state index contributed by atoms with van der Waals surface area (Å²) in [6, 6.07) is 7.47. The maximum atomic E-state index is 13.3. The average molecular weight is 413 g/mol. The molecule has 0 aromatic heterocycles. The van der Waals surface area contributed by atoms with Crippen LogP contribution in [-0.2, 0) is 16.0 Å². The van der Waals surface area contributed by atoms with E-state index in [4.69, 9.17) is 0 Å². The van der Waals surface area contributed by atoms with Crippen LogP contribution >= 0.6 is 0 Å². The molecule has 1 atom stereocenters. The number of piperidine rings is 2. The SMILES string of the molecule is CCN1CCC2(CC1)NC(=O)N([C@@H]1CCCN(C(=O)Cc3ccc(C)cc3)C1)C2=O. The van der Waals surface area contributed by atoms with Crippen LogP contribution in [0.4, 0.5) is 4.79 Å². The van der Waals surface area contributed by atoms with Crippen molar-refractivity contribution in [1.82, 2.24) is 20.0 Å². The molecule has 3 aliphatic rings. The Morgan fingerprint density at radius 3 is 2.50 bits per heavy atom. The predicted molar refractivity (Wildman–Crippen MR) is 114 cm³/mol. The lowest BCUT2D eigenvalue weighted by atomic mass is 9.87. The van der Waals surface area contributed by atoms with Gasteiger partial charge in [0.05, 0.1) is 12.5 Å². The van der Waals surface area contributed by atoms with Gasteiger partial charge in [-0.2, -0.15) is 0 Å². The highest BCUT2D eigenvalue weighted by molar-refractivity contribution is 6.07. The highest BCUT2D eigenvalue weighted by Crippen LogP contribution is 2.32. The fourth-order valence-corrected chi connectivity index (χ4v) is 4.95. The number of aryl methyl sites for hydroxylation is 1. The Labute approximate surface area is 178 Å². The minimum Gasteiger partial charge on any atom is -0.340 e. The van der Waals surface area contributed by atoms with Gasteiger partial charge in [0.2, 0.25) is 5.91 Å². The first-order valence-corrected chi connectivity index (χ1v) is 11.1. The van der Waals surface area contributed by atoms with E-state index in [1.54, 1.807) is 0 Å². The molecule has 1 aromatic carbocycles. The largest absolute Gasteiger partial charge is 0.340 e. The molecule has 3 fully saturated rings. The van der Waals surface area contributed by atoms with Crippen LogP contribution in [0, 0.1) is 6.92 Å². The first-order chi connectivity index (χ1) is 14.4. The number of likely N-dealkylation sites (tertiary alicyclic amines) is 2. The van der Waals surface area contributed by atoms with E-state index in [0.29, 0.717) is 32.4 Å². The number of hydrogen-bond acceptors (Lipinski definition) is 4. The summed E-state index contributed by atoms with van der Waals surface area (Å²) in [5, 5.41) is 3.01. The maximum absolute atomic E-state index is 13.3. The Morgan fingerprint density at radius 2 is 1.83 bits per heavy atom. The van der Waals surface area contributed by atoms with Gasteiger partial charge < -0.3 is 15.1 Å². The quantitative estimate of drug-likeness (QED) is 0.767. The predicted octanol–water partition coefficient (Wildman–Crippen LogP) is 1.93. The lowest BCUT2D eigenvalue weighted by molar-refractivity contribution is -0.138. The molecular weight excluding hydrogens is 380 g/mol. The molecule has 162 valence electrons. The van der Waals surface area contributed by atoms with Crippen LogP contribution in [0.5, 0.6) is 0 Å². The number of nitrogens with zero attached hydrogens (tertiary/aromatic N) is 3. The smallest absolute Gasteiger partial charge is 0.325 e. The van der Waals surface area contributed by atoms with E-state index < -0.39 is 5.54 Å². The molecule has 30 heavy (non-hydrogen) atoms. The third-order valence-corrected chi connectivity index (χ3v) is 6.94. The van der Waals surface area contributed by atoms with E-state index in [2.05, 4.69) is 17.1 Å². The van der Waals surface area contributed by atoms with Crippen LogP contribution in [0.25, 0.3) is 0 Å². The Morgan fingerprint density at radius 1 is 1.13 bits per heavy atom. The van der Waals surface area contributed by atoms with E-state index in [0.717, 1.165) is 38.0 Å². The van der Waals surface area contributed by atoms with E-state index in [1.807, 2.05) is 36.1 Å². The van der Waals surface area contributed by atoms with Gasteiger partial charge in [-0.15, -0.1) is 0 Å². The zero-order valence-corrected chi connectivity index (χ0v) is 18.0. The van der Waals surface area contributed by atoms with Crippen molar-refractivity contribution in [3.63, 3.8) is 0 Å². The molecule has 1 N–H and O–H groups in total. The monoisotopic (exact) mass is 412 g/mol. The first kappa shape index (κ1) is 20.8. The zero-order chi connectivity index (χ0) is 21.3. The molecule has 7 nitrogen and oxygen atoms in total. The molecule has 0 bridgehead atoms. The summed E-state index contributed by atoms with van der Waals surface area (Å²) in [6.45, 7) is 7.86. The van der Waals surface area contributed by atoms with E-state index in [1.165, 1.54) is 10.5 Å². The molecular formula is C23H32N4O3.